The Bertz CT molecular complexity index is 1160. The summed E-state index contributed by atoms with van der Waals surface area (Å²) >= 11 is 2.28. The molecule has 0 radical (unpaired) electrons. The molecular formula is C25H21IN2O3. The topological polar surface area (TPSA) is 51.1 Å². The summed E-state index contributed by atoms with van der Waals surface area (Å²) in [5.74, 6) is 1.11. The number of hydrazone groups is 1. The van der Waals surface area contributed by atoms with Gasteiger partial charge in [0.15, 0.2) is 11.5 Å². The average Bonchev–Trinajstić information content (AvgIpc) is 3.08. The standard InChI is InChI=1S/C25H21IN2O3/c1-17-22(25(29)28(27-17)21-6-4-3-5-7-21)14-19-10-13-23(24(15-19)30-2)31-16-18-8-11-20(26)12-9-18/h3-15H,16H2,1-2H3/b22-14+. The highest BCUT2D eigenvalue weighted by Crippen LogP contribution is 2.31. The number of hydrogen-bond donors (Lipinski definition) is 0. The van der Waals surface area contributed by atoms with Gasteiger partial charge >= 0.3 is 0 Å². The Morgan fingerprint density at radius 3 is 2.45 bits per heavy atom. The molecular weight excluding hydrogens is 503 g/mol. The third kappa shape index (κ3) is 4.80. The number of methoxy groups -OCH3 is 1. The number of para-hydroxylation sites is 1. The molecule has 0 atom stereocenters. The molecule has 0 unspecified atom stereocenters. The second-order valence-electron chi connectivity index (χ2n) is 7.02. The van der Waals surface area contributed by atoms with Gasteiger partial charge < -0.3 is 9.47 Å². The summed E-state index contributed by atoms with van der Waals surface area (Å²) in [5.41, 5.74) is 3.89. The third-order valence-electron chi connectivity index (χ3n) is 4.87. The van der Waals surface area contributed by atoms with Crippen LogP contribution in [0.15, 0.2) is 83.5 Å². The summed E-state index contributed by atoms with van der Waals surface area (Å²) in [7, 11) is 1.61. The number of amides is 1. The number of carbonyl (C=O) groups excluding carboxylic acids is 1. The summed E-state index contributed by atoms with van der Waals surface area (Å²) < 4.78 is 12.7. The van der Waals surface area contributed by atoms with Crippen molar-refractivity contribution in [3.63, 3.8) is 0 Å². The monoisotopic (exact) mass is 524 g/mol. The van der Waals surface area contributed by atoms with Crippen LogP contribution in [0.3, 0.4) is 0 Å². The molecule has 0 saturated carbocycles. The molecule has 1 heterocycles. The van der Waals surface area contributed by atoms with Crippen molar-refractivity contribution >= 4 is 46.0 Å². The number of nitrogens with zero attached hydrogens (tertiary/aromatic N) is 2. The first-order chi connectivity index (χ1) is 15.0. The first kappa shape index (κ1) is 21.1. The second kappa shape index (κ2) is 9.34. The maximum Gasteiger partial charge on any atom is 0.280 e. The highest BCUT2D eigenvalue weighted by atomic mass is 127. The predicted molar refractivity (Wildman–Crippen MR) is 131 cm³/mol. The quantitative estimate of drug-likeness (QED) is 0.308. The van der Waals surface area contributed by atoms with E-state index in [1.807, 2.05) is 85.8 Å². The molecule has 0 aliphatic carbocycles. The molecule has 1 aliphatic heterocycles. The molecule has 0 N–H and O–H groups in total. The number of ether oxygens (including phenoxy) is 2. The molecule has 3 aromatic carbocycles. The highest BCUT2D eigenvalue weighted by molar-refractivity contribution is 14.1. The third-order valence-corrected chi connectivity index (χ3v) is 5.59. The fourth-order valence-electron chi connectivity index (χ4n) is 3.23. The molecule has 1 amide bonds. The van der Waals surface area contributed by atoms with E-state index in [1.165, 1.54) is 8.58 Å². The lowest BCUT2D eigenvalue weighted by atomic mass is 10.1. The lowest BCUT2D eigenvalue weighted by Crippen LogP contribution is -2.21. The first-order valence-corrected chi connectivity index (χ1v) is 10.8. The maximum absolute atomic E-state index is 12.9. The Kier molecular flexibility index (Phi) is 6.36. The first-order valence-electron chi connectivity index (χ1n) is 9.77. The van der Waals surface area contributed by atoms with Gasteiger partial charge in [0.2, 0.25) is 0 Å². The normalized spacial score (nSPS) is 14.7. The minimum atomic E-state index is -0.151. The van der Waals surface area contributed by atoms with Gasteiger partial charge in [0.1, 0.15) is 6.61 Å². The van der Waals surface area contributed by atoms with Crippen LogP contribution in [-0.2, 0) is 11.4 Å². The smallest absolute Gasteiger partial charge is 0.280 e. The van der Waals surface area contributed by atoms with Gasteiger partial charge in [0.05, 0.1) is 24.1 Å². The van der Waals surface area contributed by atoms with E-state index in [2.05, 4.69) is 27.7 Å². The van der Waals surface area contributed by atoms with Gasteiger partial charge in [-0.05, 0) is 83.1 Å². The van der Waals surface area contributed by atoms with Crippen LogP contribution in [0.25, 0.3) is 6.08 Å². The molecule has 0 saturated heterocycles. The van der Waals surface area contributed by atoms with Crippen molar-refractivity contribution in [3.05, 3.63) is 93.1 Å². The summed E-state index contributed by atoms with van der Waals surface area (Å²) in [6.07, 6.45) is 1.83. The summed E-state index contributed by atoms with van der Waals surface area (Å²) in [4.78, 5) is 12.9. The molecule has 0 fully saturated rings. The number of anilines is 1. The molecule has 0 spiro atoms. The summed E-state index contributed by atoms with van der Waals surface area (Å²) in [6.45, 7) is 2.28. The Morgan fingerprint density at radius 1 is 1.00 bits per heavy atom. The lowest BCUT2D eigenvalue weighted by molar-refractivity contribution is -0.114. The molecule has 5 nitrogen and oxygen atoms in total. The number of hydrogen-bond acceptors (Lipinski definition) is 4. The lowest BCUT2D eigenvalue weighted by Gasteiger charge is -2.12. The molecule has 0 aromatic heterocycles. The Hall–Kier alpha value is -3.13. The van der Waals surface area contributed by atoms with Gasteiger partial charge in [-0.25, -0.2) is 0 Å². The van der Waals surface area contributed by atoms with Crippen molar-refractivity contribution in [2.45, 2.75) is 13.5 Å². The largest absolute Gasteiger partial charge is 0.493 e. The Morgan fingerprint density at radius 2 is 1.74 bits per heavy atom. The molecule has 4 rings (SSSR count). The van der Waals surface area contributed by atoms with Crippen molar-refractivity contribution in [2.75, 3.05) is 12.1 Å². The summed E-state index contributed by atoms with van der Waals surface area (Å²) in [5, 5.41) is 5.85. The van der Waals surface area contributed by atoms with Gasteiger partial charge in [-0.3, -0.25) is 4.79 Å². The van der Waals surface area contributed by atoms with Crippen LogP contribution in [0.2, 0.25) is 0 Å². The molecule has 156 valence electrons. The van der Waals surface area contributed by atoms with Gasteiger partial charge in [-0.15, -0.1) is 0 Å². The maximum atomic E-state index is 12.9. The van der Waals surface area contributed by atoms with E-state index in [0.29, 0.717) is 29.4 Å². The van der Waals surface area contributed by atoms with Crippen LogP contribution in [0.5, 0.6) is 11.5 Å². The van der Waals surface area contributed by atoms with Crippen LogP contribution < -0.4 is 14.5 Å². The average molecular weight is 524 g/mol. The van der Waals surface area contributed by atoms with Gasteiger partial charge in [-0.2, -0.15) is 10.1 Å². The zero-order valence-electron chi connectivity index (χ0n) is 17.2. The van der Waals surface area contributed by atoms with Crippen LogP contribution in [0.1, 0.15) is 18.1 Å². The SMILES string of the molecule is COc1cc(/C=C2/C(=O)N(c3ccccc3)N=C2C)ccc1OCc1ccc(I)cc1. The van der Waals surface area contributed by atoms with Gasteiger partial charge in [-0.1, -0.05) is 36.4 Å². The van der Waals surface area contributed by atoms with Crippen molar-refractivity contribution in [2.24, 2.45) is 5.10 Å². The van der Waals surface area contributed by atoms with E-state index in [9.17, 15) is 4.79 Å². The number of benzene rings is 3. The van der Waals surface area contributed by atoms with Gasteiger partial charge in [0, 0.05) is 3.57 Å². The fourth-order valence-corrected chi connectivity index (χ4v) is 3.59. The van der Waals surface area contributed by atoms with Crippen molar-refractivity contribution in [3.8, 4) is 11.5 Å². The van der Waals surface area contributed by atoms with Crippen LogP contribution in [-0.4, -0.2) is 18.7 Å². The predicted octanol–water partition coefficient (Wildman–Crippen LogP) is 5.68. The molecule has 3 aromatic rings. The van der Waals surface area contributed by atoms with Crippen molar-refractivity contribution in [1.29, 1.82) is 0 Å². The van der Waals surface area contributed by atoms with E-state index in [4.69, 9.17) is 9.47 Å². The minimum Gasteiger partial charge on any atom is -0.493 e. The van der Waals surface area contributed by atoms with E-state index >= 15 is 0 Å². The Labute approximate surface area is 195 Å². The Balaban J connectivity index is 1.53. The van der Waals surface area contributed by atoms with Crippen LogP contribution >= 0.6 is 22.6 Å². The van der Waals surface area contributed by atoms with E-state index < -0.39 is 0 Å². The van der Waals surface area contributed by atoms with Crippen molar-refractivity contribution in [1.82, 2.24) is 0 Å². The van der Waals surface area contributed by atoms with Gasteiger partial charge in [0.25, 0.3) is 5.91 Å². The molecule has 31 heavy (non-hydrogen) atoms. The highest BCUT2D eigenvalue weighted by Gasteiger charge is 2.28. The number of carbonyl (C=O) groups is 1. The van der Waals surface area contributed by atoms with E-state index in [1.54, 1.807) is 7.11 Å². The zero-order chi connectivity index (χ0) is 21.8. The molecule has 6 heteroatoms. The molecule has 0 bridgehead atoms. The fraction of sp³-hybridized carbons (Fsp3) is 0.120. The van der Waals surface area contributed by atoms with Crippen molar-refractivity contribution < 1.29 is 14.3 Å². The second-order valence-corrected chi connectivity index (χ2v) is 8.27. The van der Waals surface area contributed by atoms with Crippen LogP contribution in [0, 0.1) is 3.57 Å². The van der Waals surface area contributed by atoms with E-state index in [0.717, 1.165) is 16.8 Å². The number of rotatable bonds is 6. The number of halogens is 1. The molecule has 1 aliphatic rings. The van der Waals surface area contributed by atoms with E-state index in [-0.39, 0.29) is 5.91 Å². The zero-order valence-corrected chi connectivity index (χ0v) is 19.4. The minimum absolute atomic E-state index is 0.151. The van der Waals surface area contributed by atoms with Crippen LogP contribution in [0.4, 0.5) is 5.69 Å². The summed E-state index contributed by atoms with van der Waals surface area (Å²) in [6, 6.07) is 23.2.